The highest BCUT2D eigenvalue weighted by Crippen LogP contribution is 2.15. The molecule has 0 aromatic carbocycles. The minimum absolute atomic E-state index is 0.00904. The molecule has 0 saturated carbocycles. The van der Waals surface area contributed by atoms with E-state index in [1.807, 2.05) is 0 Å². The zero-order chi connectivity index (χ0) is 41.5. The molecule has 22 nitrogen and oxygen atoms in total. The van der Waals surface area contributed by atoms with Crippen molar-refractivity contribution < 1.29 is 89.4 Å². The van der Waals surface area contributed by atoms with E-state index in [-0.39, 0.29) is 112 Å². The molecule has 0 bridgehead atoms. The van der Waals surface area contributed by atoms with Gasteiger partial charge in [0, 0.05) is 78.7 Å². The molecular weight excluding hydrogens is 752 g/mol. The van der Waals surface area contributed by atoms with Gasteiger partial charge in [0.05, 0.1) is 92.5 Å². The summed E-state index contributed by atoms with van der Waals surface area (Å²) in [6.07, 6.45) is -1.54. The molecule has 0 fully saturated rings. The zero-order valence-electron chi connectivity index (χ0n) is 33.6. The maximum Gasteiger partial charge on any atom is 0.111 e. The third-order valence-corrected chi connectivity index (χ3v) is 8.61. The predicted molar refractivity (Wildman–Crippen MR) is 200 cm³/mol. The van der Waals surface area contributed by atoms with Gasteiger partial charge in [-0.1, -0.05) is 0 Å². The fourth-order valence-corrected chi connectivity index (χ4v) is 5.46. The smallest absolute Gasteiger partial charge is 0.111 e. The Morgan fingerprint density at radius 1 is 0.393 bits per heavy atom. The number of rotatable bonds is 45. The Bertz CT molecular complexity index is 791. The lowest BCUT2D eigenvalue weighted by Gasteiger charge is -2.36. The molecule has 4 unspecified atom stereocenters. The Labute approximate surface area is 331 Å². The van der Waals surface area contributed by atoms with Crippen molar-refractivity contribution in [2.24, 2.45) is 0 Å². The van der Waals surface area contributed by atoms with Crippen LogP contribution in [0.3, 0.4) is 0 Å². The van der Waals surface area contributed by atoms with Gasteiger partial charge in [-0.25, -0.2) is 19.6 Å². The Balaban J connectivity index is 6.28. The van der Waals surface area contributed by atoms with Crippen LogP contribution in [0.2, 0.25) is 0 Å². The van der Waals surface area contributed by atoms with Crippen LogP contribution in [0.1, 0.15) is 26.7 Å². The first-order chi connectivity index (χ1) is 27.3. The summed E-state index contributed by atoms with van der Waals surface area (Å²) in [5.74, 6) is 0. The monoisotopic (exact) mass is 826 g/mol. The van der Waals surface area contributed by atoms with E-state index in [1.54, 1.807) is 23.6 Å². The Kier molecular flexibility index (Phi) is 40.2. The minimum atomic E-state index is -0.763. The van der Waals surface area contributed by atoms with E-state index >= 15 is 0 Å². The summed E-state index contributed by atoms with van der Waals surface area (Å²) in [4.78, 5) is 24.9. The van der Waals surface area contributed by atoms with Crippen LogP contribution in [0, 0.1) is 0 Å². The van der Waals surface area contributed by atoms with Crippen LogP contribution in [0.4, 0.5) is 0 Å². The first kappa shape index (κ1) is 55.1. The standard InChI is InChI=1S/C34H74N4O18/c1-31(37(11-23-52-43)12-24-53-44)51-30-34(56-32(2)38(13-25-54-45)14-26-55-46)33(50-22-10-36(6-4-16-40)8-20-48-28-18-42)29-49-21-9-35(5-3-15-39)7-19-47-27-17-41/h31-34,39-46H,3-30H2,1-2H3. The van der Waals surface area contributed by atoms with Crippen molar-refractivity contribution in [3.63, 3.8) is 0 Å². The molecule has 0 spiro atoms. The van der Waals surface area contributed by atoms with Crippen molar-refractivity contribution >= 4 is 0 Å². The van der Waals surface area contributed by atoms with E-state index in [4.69, 9.17) is 59.7 Å². The maximum atomic E-state index is 9.47. The topological polar surface area (TPSA) is 267 Å². The van der Waals surface area contributed by atoms with Gasteiger partial charge in [-0.2, -0.15) is 0 Å². The third-order valence-electron chi connectivity index (χ3n) is 8.61. The maximum absolute atomic E-state index is 9.47. The summed E-state index contributed by atoms with van der Waals surface area (Å²) in [5.41, 5.74) is 0. The number of hydrogen-bond acceptors (Lipinski definition) is 22. The summed E-state index contributed by atoms with van der Waals surface area (Å²) in [7, 11) is 0. The molecule has 0 aromatic heterocycles. The van der Waals surface area contributed by atoms with Crippen LogP contribution < -0.4 is 0 Å². The average molecular weight is 827 g/mol. The highest BCUT2D eigenvalue weighted by molar-refractivity contribution is 4.75. The van der Waals surface area contributed by atoms with Gasteiger partial charge >= 0.3 is 0 Å². The lowest BCUT2D eigenvalue weighted by molar-refractivity contribution is -0.262. The molecule has 0 amide bonds. The molecule has 0 aliphatic rings. The summed E-state index contributed by atoms with van der Waals surface area (Å²) < 4.78 is 36.5. The number of hydrogen-bond donors (Lipinski definition) is 8. The molecule has 0 aliphatic heterocycles. The van der Waals surface area contributed by atoms with Gasteiger partial charge < -0.3 is 48.8 Å². The van der Waals surface area contributed by atoms with Crippen molar-refractivity contribution in [2.45, 2.75) is 51.4 Å². The molecule has 0 heterocycles. The number of ether oxygens (including phenoxy) is 6. The highest BCUT2D eigenvalue weighted by Gasteiger charge is 2.30. The predicted octanol–water partition coefficient (Wildman–Crippen LogP) is -1.57. The molecule has 4 atom stereocenters. The molecule has 0 aliphatic carbocycles. The van der Waals surface area contributed by atoms with Crippen molar-refractivity contribution in [3.05, 3.63) is 0 Å². The fourth-order valence-electron chi connectivity index (χ4n) is 5.46. The van der Waals surface area contributed by atoms with E-state index in [0.29, 0.717) is 71.9 Å². The first-order valence-corrected chi connectivity index (χ1v) is 19.4. The van der Waals surface area contributed by atoms with E-state index in [9.17, 15) is 10.2 Å². The fraction of sp³-hybridized carbons (Fsp3) is 1.00. The number of aliphatic hydroxyl groups is 4. The second-order valence-corrected chi connectivity index (χ2v) is 12.6. The summed E-state index contributed by atoms with van der Waals surface area (Å²) >= 11 is 0. The molecule has 0 aromatic rings. The van der Waals surface area contributed by atoms with Crippen molar-refractivity contribution in [1.29, 1.82) is 0 Å². The van der Waals surface area contributed by atoms with Crippen LogP contribution in [-0.4, -0.2) is 257 Å². The van der Waals surface area contributed by atoms with E-state index in [1.165, 1.54) is 0 Å². The van der Waals surface area contributed by atoms with Crippen LogP contribution in [0.15, 0.2) is 0 Å². The summed E-state index contributed by atoms with van der Waals surface area (Å²) in [6, 6.07) is 0. The lowest BCUT2D eigenvalue weighted by Crippen LogP contribution is -2.49. The molecular formula is C34H74N4O18. The summed E-state index contributed by atoms with van der Waals surface area (Å²) in [6.45, 7) is 9.50. The first-order valence-electron chi connectivity index (χ1n) is 19.4. The van der Waals surface area contributed by atoms with Gasteiger partial charge in [-0.05, 0) is 26.7 Å². The third kappa shape index (κ3) is 30.2. The second kappa shape index (κ2) is 40.9. The van der Waals surface area contributed by atoms with E-state index in [0.717, 1.165) is 0 Å². The minimum Gasteiger partial charge on any atom is -0.396 e. The Morgan fingerprint density at radius 3 is 1.25 bits per heavy atom. The van der Waals surface area contributed by atoms with Crippen molar-refractivity contribution in [1.82, 2.24) is 19.6 Å². The van der Waals surface area contributed by atoms with Crippen LogP contribution in [0.5, 0.6) is 0 Å². The number of aliphatic hydroxyl groups excluding tert-OH is 4. The average Bonchev–Trinajstić information content (AvgIpc) is 3.20. The quantitative estimate of drug-likeness (QED) is 0.0149. The molecule has 56 heavy (non-hydrogen) atoms. The molecule has 22 heteroatoms. The van der Waals surface area contributed by atoms with Gasteiger partial charge in [0.2, 0.25) is 0 Å². The van der Waals surface area contributed by atoms with Gasteiger partial charge in [-0.3, -0.25) is 40.6 Å². The van der Waals surface area contributed by atoms with Crippen molar-refractivity contribution in [2.75, 3.05) is 171 Å². The molecule has 0 radical (unpaired) electrons. The SMILES string of the molecule is CC(OCC(OC(C)N(CCOO)CCOO)C(COCCN(CCCO)CCOCCO)OCCN(CCCO)CCOCCO)N(CCOO)CCOO. The Morgan fingerprint density at radius 2 is 0.821 bits per heavy atom. The van der Waals surface area contributed by atoms with Gasteiger partial charge in [0.1, 0.15) is 24.7 Å². The van der Waals surface area contributed by atoms with Crippen LogP contribution >= 0.6 is 0 Å². The Hall–Kier alpha value is -0.880. The van der Waals surface area contributed by atoms with Crippen LogP contribution in [0.25, 0.3) is 0 Å². The molecule has 0 rings (SSSR count). The molecule has 338 valence electrons. The van der Waals surface area contributed by atoms with Gasteiger partial charge in [-0.15, -0.1) is 0 Å². The lowest BCUT2D eigenvalue weighted by atomic mass is 10.2. The van der Waals surface area contributed by atoms with E-state index < -0.39 is 24.7 Å². The van der Waals surface area contributed by atoms with Crippen LogP contribution in [-0.2, 0) is 48.0 Å². The van der Waals surface area contributed by atoms with Gasteiger partial charge in [0.15, 0.2) is 0 Å². The van der Waals surface area contributed by atoms with E-state index in [2.05, 4.69) is 29.4 Å². The molecule has 8 N–H and O–H groups in total. The van der Waals surface area contributed by atoms with Crippen molar-refractivity contribution in [3.8, 4) is 0 Å². The summed E-state index contributed by atoms with van der Waals surface area (Å²) in [5, 5.41) is 73.0. The zero-order valence-corrected chi connectivity index (χ0v) is 33.6. The number of nitrogens with zero attached hydrogens (tertiary/aromatic N) is 4. The normalized spacial score (nSPS) is 14.5. The largest absolute Gasteiger partial charge is 0.396 e. The van der Waals surface area contributed by atoms with Gasteiger partial charge in [0.25, 0.3) is 0 Å². The molecule has 0 saturated heterocycles. The highest BCUT2D eigenvalue weighted by atomic mass is 17.1. The second-order valence-electron chi connectivity index (χ2n) is 12.6.